The van der Waals surface area contributed by atoms with Crippen molar-refractivity contribution in [2.45, 2.75) is 13.0 Å². The number of esters is 2. The maximum atomic E-state index is 12.6. The maximum absolute atomic E-state index is 12.6. The number of nitrogens with zero attached hydrogens (tertiary/aromatic N) is 4. The van der Waals surface area contributed by atoms with Gasteiger partial charge >= 0.3 is 17.6 Å². The van der Waals surface area contributed by atoms with Gasteiger partial charge in [-0.3, -0.25) is 19.2 Å². The van der Waals surface area contributed by atoms with Crippen LogP contribution in [0.3, 0.4) is 0 Å². The van der Waals surface area contributed by atoms with E-state index in [0.29, 0.717) is 5.69 Å². The average Bonchev–Trinajstić information content (AvgIpc) is 2.93. The SMILES string of the molecule is COC(=O)[C@@H]1C(c2c(C)n(C)c(=O)n(C)c2=O)=NN(C)[C@@H]1C(=O)OC. The van der Waals surface area contributed by atoms with E-state index in [0.717, 1.165) is 4.57 Å². The van der Waals surface area contributed by atoms with E-state index in [1.54, 1.807) is 6.92 Å². The number of hydrazone groups is 1. The van der Waals surface area contributed by atoms with E-state index in [9.17, 15) is 19.2 Å². The molecular weight excluding hydrogens is 332 g/mol. The molecule has 2 atom stereocenters. The first-order valence-electron chi connectivity index (χ1n) is 7.41. The van der Waals surface area contributed by atoms with Crippen molar-refractivity contribution in [3.8, 4) is 0 Å². The highest BCUT2D eigenvalue weighted by Crippen LogP contribution is 2.26. The second-order valence-corrected chi connectivity index (χ2v) is 5.69. The minimum atomic E-state index is -1.15. The monoisotopic (exact) mass is 352 g/mol. The van der Waals surface area contributed by atoms with Crippen molar-refractivity contribution in [1.29, 1.82) is 0 Å². The molecule has 2 rings (SSSR count). The van der Waals surface area contributed by atoms with Crippen LogP contribution in [0.25, 0.3) is 0 Å². The molecule has 0 aliphatic carbocycles. The van der Waals surface area contributed by atoms with Gasteiger partial charge in [-0.05, 0) is 6.92 Å². The summed E-state index contributed by atoms with van der Waals surface area (Å²) >= 11 is 0. The molecule has 10 nitrogen and oxygen atoms in total. The van der Waals surface area contributed by atoms with Crippen LogP contribution in [0.4, 0.5) is 0 Å². The first kappa shape index (κ1) is 18.4. The molecule has 1 aliphatic heterocycles. The topological polar surface area (TPSA) is 112 Å². The molecule has 0 spiro atoms. The van der Waals surface area contributed by atoms with Gasteiger partial charge in [0.1, 0.15) is 5.92 Å². The van der Waals surface area contributed by atoms with Crippen LogP contribution in [0.5, 0.6) is 0 Å². The van der Waals surface area contributed by atoms with Gasteiger partial charge in [-0.25, -0.2) is 9.59 Å². The predicted octanol–water partition coefficient (Wildman–Crippen LogP) is -1.63. The Balaban J connectivity index is 2.76. The fourth-order valence-corrected chi connectivity index (χ4v) is 2.88. The minimum absolute atomic E-state index is 0.0680. The molecule has 0 saturated carbocycles. The molecule has 0 amide bonds. The van der Waals surface area contributed by atoms with Crippen LogP contribution < -0.4 is 11.2 Å². The molecule has 1 aromatic rings. The Morgan fingerprint density at radius 2 is 1.56 bits per heavy atom. The molecular formula is C15H20N4O6. The van der Waals surface area contributed by atoms with Crippen LogP contribution in [-0.4, -0.2) is 59.1 Å². The Bertz CT molecular complexity index is 881. The van der Waals surface area contributed by atoms with E-state index in [2.05, 4.69) is 5.10 Å². The number of hydrogen-bond donors (Lipinski definition) is 0. The molecule has 0 N–H and O–H groups in total. The molecule has 0 aromatic carbocycles. The first-order valence-corrected chi connectivity index (χ1v) is 7.41. The highest BCUT2D eigenvalue weighted by atomic mass is 16.5. The van der Waals surface area contributed by atoms with Crippen molar-refractivity contribution in [2.24, 2.45) is 25.1 Å². The van der Waals surface area contributed by atoms with Crippen molar-refractivity contribution in [3.63, 3.8) is 0 Å². The summed E-state index contributed by atoms with van der Waals surface area (Å²) in [6.45, 7) is 1.57. The Morgan fingerprint density at radius 1 is 1.00 bits per heavy atom. The number of aromatic nitrogens is 2. The number of hydrogen-bond acceptors (Lipinski definition) is 8. The summed E-state index contributed by atoms with van der Waals surface area (Å²) in [6.07, 6.45) is 0. The average molecular weight is 352 g/mol. The van der Waals surface area contributed by atoms with Crippen molar-refractivity contribution in [3.05, 3.63) is 32.1 Å². The summed E-state index contributed by atoms with van der Waals surface area (Å²) in [5, 5.41) is 5.47. The lowest BCUT2D eigenvalue weighted by Crippen LogP contribution is -2.47. The summed E-state index contributed by atoms with van der Waals surface area (Å²) in [4.78, 5) is 49.1. The van der Waals surface area contributed by atoms with Crippen molar-refractivity contribution in [2.75, 3.05) is 21.3 Å². The second kappa shape index (κ2) is 6.54. The van der Waals surface area contributed by atoms with E-state index in [1.807, 2.05) is 0 Å². The van der Waals surface area contributed by atoms with Crippen LogP contribution in [0, 0.1) is 12.8 Å². The maximum Gasteiger partial charge on any atom is 0.331 e. The number of carbonyl (C=O) groups is 2. The van der Waals surface area contributed by atoms with E-state index < -0.39 is 35.1 Å². The lowest BCUT2D eigenvalue weighted by molar-refractivity contribution is -0.154. The predicted molar refractivity (Wildman–Crippen MR) is 87.3 cm³/mol. The standard InChI is InChI=1S/C15H20N4O6/c1-7-8(12(20)18(3)15(23)17(7)2)10-9(13(21)24-5)11(14(22)25-6)19(4)16-10/h9,11H,1-6H3/t9-,11+/m1/s1. The normalized spacial score (nSPS) is 19.6. The third-order valence-corrected chi connectivity index (χ3v) is 4.39. The minimum Gasteiger partial charge on any atom is -0.468 e. The fourth-order valence-electron chi connectivity index (χ4n) is 2.88. The first-order chi connectivity index (χ1) is 11.7. The zero-order valence-corrected chi connectivity index (χ0v) is 14.9. The van der Waals surface area contributed by atoms with Crippen LogP contribution in [0.15, 0.2) is 14.7 Å². The molecule has 0 unspecified atom stereocenters. The molecule has 10 heteroatoms. The highest BCUT2D eigenvalue weighted by Gasteiger charge is 2.48. The number of methoxy groups -OCH3 is 2. The van der Waals surface area contributed by atoms with Crippen molar-refractivity contribution >= 4 is 17.7 Å². The Hall–Kier alpha value is -2.91. The molecule has 0 saturated heterocycles. The molecule has 136 valence electrons. The molecule has 0 bridgehead atoms. The van der Waals surface area contributed by atoms with Gasteiger partial charge in [0.15, 0.2) is 6.04 Å². The lowest BCUT2D eigenvalue weighted by Gasteiger charge is -2.21. The van der Waals surface area contributed by atoms with E-state index in [-0.39, 0.29) is 11.3 Å². The summed E-state index contributed by atoms with van der Waals surface area (Å²) in [7, 11) is 6.70. The second-order valence-electron chi connectivity index (χ2n) is 5.69. The van der Waals surface area contributed by atoms with Gasteiger partial charge in [-0.15, -0.1) is 0 Å². The van der Waals surface area contributed by atoms with Gasteiger partial charge in [0.2, 0.25) is 0 Å². The molecule has 0 radical (unpaired) electrons. The largest absolute Gasteiger partial charge is 0.468 e. The fraction of sp³-hybridized carbons (Fsp3) is 0.533. The molecule has 0 fully saturated rings. The van der Waals surface area contributed by atoms with Crippen LogP contribution in [0.1, 0.15) is 11.3 Å². The molecule has 1 aliphatic rings. The quantitative estimate of drug-likeness (QED) is 0.601. The van der Waals surface area contributed by atoms with Gasteiger partial charge in [-0.1, -0.05) is 0 Å². The number of carbonyl (C=O) groups excluding carboxylic acids is 2. The third kappa shape index (κ3) is 2.73. The number of likely N-dealkylation sites (N-methyl/N-ethyl adjacent to an activating group) is 1. The summed E-state index contributed by atoms with van der Waals surface area (Å²) in [5.74, 6) is -2.56. The van der Waals surface area contributed by atoms with Gasteiger partial charge in [0.25, 0.3) is 5.56 Å². The summed E-state index contributed by atoms with van der Waals surface area (Å²) < 4.78 is 11.7. The summed E-state index contributed by atoms with van der Waals surface area (Å²) in [6, 6.07) is -1.06. The Morgan fingerprint density at radius 3 is 2.08 bits per heavy atom. The van der Waals surface area contributed by atoms with Crippen molar-refractivity contribution in [1.82, 2.24) is 14.1 Å². The summed E-state index contributed by atoms with van der Waals surface area (Å²) in [5.41, 5.74) is -0.624. The smallest absolute Gasteiger partial charge is 0.331 e. The zero-order valence-electron chi connectivity index (χ0n) is 14.9. The van der Waals surface area contributed by atoms with Gasteiger partial charge < -0.3 is 14.0 Å². The van der Waals surface area contributed by atoms with Gasteiger partial charge in [-0.2, -0.15) is 5.10 Å². The van der Waals surface area contributed by atoms with Crippen molar-refractivity contribution < 1.29 is 19.1 Å². The Kier molecular flexibility index (Phi) is 4.82. The van der Waals surface area contributed by atoms with Crippen LogP contribution in [-0.2, 0) is 33.2 Å². The highest BCUT2D eigenvalue weighted by molar-refractivity contribution is 6.16. The number of rotatable bonds is 3. The molecule has 25 heavy (non-hydrogen) atoms. The van der Waals surface area contributed by atoms with Gasteiger partial charge in [0.05, 0.1) is 25.5 Å². The number of ether oxygens (including phenoxy) is 2. The molecule has 2 heterocycles. The molecule has 1 aromatic heterocycles. The van der Waals surface area contributed by atoms with E-state index in [1.165, 1.54) is 44.9 Å². The van der Waals surface area contributed by atoms with E-state index in [4.69, 9.17) is 9.47 Å². The van der Waals surface area contributed by atoms with Gasteiger partial charge in [0, 0.05) is 26.8 Å². The Labute approximate surface area is 143 Å². The zero-order chi connectivity index (χ0) is 19.0. The third-order valence-electron chi connectivity index (χ3n) is 4.39. The van der Waals surface area contributed by atoms with E-state index >= 15 is 0 Å². The lowest BCUT2D eigenvalue weighted by atomic mass is 9.91. The van der Waals surface area contributed by atoms with Crippen LogP contribution in [0.2, 0.25) is 0 Å². The van der Waals surface area contributed by atoms with Crippen LogP contribution >= 0.6 is 0 Å².